The Morgan fingerprint density at radius 3 is 2.81 bits per heavy atom. The minimum Gasteiger partial charge on any atom is -0.387 e. The fourth-order valence-corrected chi connectivity index (χ4v) is 3.89. The number of nitrogens with zero attached hydrogens (tertiary/aromatic N) is 5. The number of hydrogen-bond donors (Lipinski definition) is 1. The van der Waals surface area contributed by atoms with Gasteiger partial charge in [0, 0.05) is 43.6 Å². The van der Waals surface area contributed by atoms with E-state index in [0.717, 1.165) is 24.5 Å². The fraction of sp³-hybridized carbons (Fsp3) is 0.611. The molecule has 26 heavy (non-hydrogen) atoms. The van der Waals surface area contributed by atoms with E-state index in [9.17, 15) is 9.90 Å². The zero-order valence-corrected chi connectivity index (χ0v) is 15.3. The molecule has 1 N–H and O–H groups in total. The van der Waals surface area contributed by atoms with Crippen LogP contribution in [0.25, 0.3) is 5.65 Å². The molecule has 0 aromatic carbocycles. The second-order valence-electron chi connectivity index (χ2n) is 7.43. The summed E-state index contributed by atoms with van der Waals surface area (Å²) in [5, 5.41) is 15.3. The Balaban J connectivity index is 1.48. The Labute approximate surface area is 152 Å². The van der Waals surface area contributed by atoms with Gasteiger partial charge in [0.2, 0.25) is 0 Å². The Morgan fingerprint density at radius 2 is 2.04 bits per heavy atom. The Hall–Kier alpha value is -2.03. The summed E-state index contributed by atoms with van der Waals surface area (Å²) in [4.78, 5) is 21.2. The van der Waals surface area contributed by atoms with Crippen molar-refractivity contribution in [2.24, 2.45) is 0 Å². The zero-order chi connectivity index (χ0) is 18.3. The highest BCUT2D eigenvalue weighted by atomic mass is 16.5. The number of ether oxygens (including phenoxy) is 1. The van der Waals surface area contributed by atoms with Gasteiger partial charge in [0.15, 0.2) is 11.3 Å². The molecular formula is C18H25N5O3. The summed E-state index contributed by atoms with van der Waals surface area (Å²) in [6.45, 7) is 8.37. The van der Waals surface area contributed by atoms with E-state index in [2.05, 4.69) is 15.0 Å². The van der Waals surface area contributed by atoms with Crippen molar-refractivity contribution in [2.45, 2.75) is 25.9 Å². The number of β-amino-alcohol motifs (C(OH)–C–C–N with tert-alkyl or cyclic N) is 1. The molecule has 1 amide bonds. The molecule has 0 bridgehead atoms. The number of likely N-dealkylation sites (tertiary alicyclic amines) is 1. The number of fused-ring (bicyclic) bond motifs is 1. The molecule has 2 aromatic rings. The maximum atomic E-state index is 12.9. The van der Waals surface area contributed by atoms with Gasteiger partial charge < -0.3 is 14.7 Å². The molecule has 4 rings (SSSR count). The summed E-state index contributed by atoms with van der Waals surface area (Å²) in [5.41, 5.74) is 2.03. The van der Waals surface area contributed by atoms with Gasteiger partial charge in [-0.15, -0.1) is 0 Å². The summed E-state index contributed by atoms with van der Waals surface area (Å²) in [7, 11) is 0. The maximum Gasteiger partial charge on any atom is 0.274 e. The van der Waals surface area contributed by atoms with Crippen LogP contribution in [0.4, 0.5) is 0 Å². The van der Waals surface area contributed by atoms with Gasteiger partial charge in [0.25, 0.3) is 5.91 Å². The predicted octanol–water partition coefficient (Wildman–Crippen LogP) is 0.255. The van der Waals surface area contributed by atoms with Gasteiger partial charge in [0.1, 0.15) is 0 Å². The van der Waals surface area contributed by atoms with Crippen molar-refractivity contribution < 1.29 is 14.6 Å². The van der Waals surface area contributed by atoms with E-state index in [1.54, 1.807) is 15.5 Å². The van der Waals surface area contributed by atoms with Crippen LogP contribution in [-0.4, -0.2) is 87.0 Å². The number of aliphatic hydroxyl groups is 1. The lowest BCUT2D eigenvalue weighted by molar-refractivity contribution is -0.0257. The van der Waals surface area contributed by atoms with Gasteiger partial charge in [-0.25, -0.2) is 9.50 Å². The van der Waals surface area contributed by atoms with Crippen molar-refractivity contribution in [3.63, 3.8) is 0 Å². The molecule has 8 heteroatoms. The van der Waals surface area contributed by atoms with E-state index < -0.39 is 5.60 Å². The average molecular weight is 359 g/mol. The molecule has 2 fully saturated rings. The number of carbonyl (C=O) groups is 1. The van der Waals surface area contributed by atoms with Gasteiger partial charge in [-0.05, 0) is 26.3 Å². The number of amides is 1. The summed E-state index contributed by atoms with van der Waals surface area (Å²) >= 11 is 0. The molecule has 1 atom stereocenters. The van der Waals surface area contributed by atoms with Crippen LogP contribution in [0.5, 0.6) is 0 Å². The smallest absolute Gasteiger partial charge is 0.274 e. The molecule has 1 unspecified atom stereocenters. The molecule has 0 aliphatic carbocycles. The number of aromatic nitrogens is 3. The first kappa shape index (κ1) is 17.4. The van der Waals surface area contributed by atoms with Crippen LogP contribution in [0.2, 0.25) is 0 Å². The lowest BCUT2D eigenvalue weighted by atomic mass is 10.0. The van der Waals surface area contributed by atoms with Crippen molar-refractivity contribution in [2.75, 3.05) is 45.9 Å². The molecular weight excluding hydrogens is 334 g/mol. The second kappa shape index (κ2) is 6.61. The highest BCUT2D eigenvalue weighted by Gasteiger charge is 2.40. The van der Waals surface area contributed by atoms with Gasteiger partial charge in [-0.3, -0.25) is 9.69 Å². The van der Waals surface area contributed by atoms with E-state index in [-0.39, 0.29) is 5.91 Å². The van der Waals surface area contributed by atoms with Crippen LogP contribution in [-0.2, 0) is 4.74 Å². The summed E-state index contributed by atoms with van der Waals surface area (Å²) in [6, 6.07) is 3.66. The minimum atomic E-state index is -0.864. The first-order chi connectivity index (χ1) is 12.4. The third-order valence-corrected chi connectivity index (χ3v) is 5.19. The lowest BCUT2D eigenvalue weighted by Gasteiger charge is -2.33. The number of aryl methyl sites for hydroxylation is 2. The molecule has 2 aliphatic heterocycles. The minimum absolute atomic E-state index is 0.148. The first-order valence-corrected chi connectivity index (χ1v) is 9.09. The SMILES string of the molecule is Cc1cc(C)n2nc(C(=O)N3CCC(O)(CN4CCOCC4)C3)cc2n1. The second-order valence-corrected chi connectivity index (χ2v) is 7.43. The van der Waals surface area contributed by atoms with E-state index in [4.69, 9.17) is 4.74 Å². The third-order valence-electron chi connectivity index (χ3n) is 5.19. The van der Waals surface area contributed by atoms with Gasteiger partial charge in [0.05, 0.1) is 25.4 Å². The molecule has 0 radical (unpaired) electrons. The largest absolute Gasteiger partial charge is 0.387 e. The van der Waals surface area contributed by atoms with Crippen LogP contribution < -0.4 is 0 Å². The Morgan fingerprint density at radius 1 is 1.27 bits per heavy atom. The topological polar surface area (TPSA) is 83.2 Å². The average Bonchev–Trinajstić information content (AvgIpc) is 3.19. The number of carbonyl (C=O) groups excluding carboxylic acids is 1. The van der Waals surface area contributed by atoms with Crippen LogP contribution >= 0.6 is 0 Å². The van der Waals surface area contributed by atoms with Crippen molar-refractivity contribution in [3.8, 4) is 0 Å². The summed E-state index contributed by atoms with van der Waals surface area (Å²) in [6.07, 6.45) is 0.583. The molecule has 2 aromatic heterocycles. The lowest BCUT2D eigenvalue weighted by Crippen LogP contribution is -2.49. The summed E-state index contributed by atoms with van der Waals surface area (Å²) < 4.78 is 7.05. The van der Waals surface area contributed by atoms with Gasteiger partial charge in [-0.1, -0.05) is 0 Å². The molecule has 2 saturated heterocycles. The van der Waals surface area contributed by atoms with E-state index in [1.807, 2.05) is 19.9 Å². The van der Waals surface area contributed by atoms with Crippen molar-refractivity contribution in [1.29, 1.82) is 0 Å². The highest BCUT2D eigenvalue weighted by Crippen LogP contribution is 2.24. The Bertz CT molecular complexity index is 830. The number of morpholine rings is 1. The molecule has 2 aliphatic rings. The van der Waals surface area contributed by atoms with Crippen molar-refractivity contribution in [3.05, 3.63) is 29.2 Å². The molecule has 0 spiro atoms. The van der Waals surface area contributed by atoms with E-state index >= 15 is 0 Å². The first-order valence-electron chi connectivity index (χ1n) is 9.09. The third kappa shape index (κ3) is 3.32. The molecule has 0 saturated carbocycles. The standard InChI is InChI=1S/C18H25N5O3/c1-13-9-14(2)23-16(19-13)10-15(20-23)17(24)22-4-3-18(25,12-22)11-21-5-7-26-8-6-21/h9-10,25H,3-8,11-12H2,1-2H3. The van der Waals surface area contributed by atoms with E-state index in [1.165, 1.54) is 0 Å². The normalized spacial score (nSPS) is 24.5. The predicted molar refractivity (Wildman–Crippen MR) is 95.2 cm³/mol. The molecule has 140 valence electrons. The van der Waals surface area contributed by atoms with Crippen LogP contribution in [0.1, 0.15) is 28.3 Å². The summed E-state index contributed by atoms with van der Waals surface area (Å²) in [5.74, 6) is -0.148. The number of rotatable bonds is 3. The fourth-order valence-electron chi connectivity index (χ4n) is 3.89. The van der Waals surface area contributed by atoms with Crippen LogP contribution in [0.3, 0.4) is 0 Å². The van der Waals surface area contributed by atoms with E-state index in [0.29, 0.717) is 50.6 Å². The Kier molecular flexibility index (Phi) is 4.42. The van der Waals surface area contributed by atoms with Crippen LogP contribution in [0, 0.1) is 13.8 Å². The number of hydrogen-bond acceptors (Lipinski definition) is 6. The van der Waals surface area contributed by atoms with Gasteiger partial charge in [-0.2, -0.15) is 5.10 Å². The van der Waals surface area contributed by atoms with Crippen LogP contribution in [0.15, 0.2) is 12.1 Å². The van der Waals surface area contributed by atoms with Crippen molar-refractivity contribution in [1.82, 2.24) is 24.4 Å². The van der Waals surface area contributed by atoms with Crippen molar-refractivity contribution >= 4 is 11.6 Å². The monoisotopic (exact) mass is 359 g/mol. The zero-order valence-electron chi connectivity index (χ0n) is 15.3. The molecule has 8 nitrogen and oxygen atoms in total. The van der Waals surface area contributed by atoms with Gasteiger partial charge >= 0.3 is 0 Å². The highest BCUT2D eigenvalue weighted by molar-refractivity contribution is 5.93. The quantitative estimate of drug-likeness (QED) is 0.846. The molecule has 4 heterocycles. The maximum absolute atomic E-state index is 12.9.